The van der Waals surface area contributed by atoms with Crippen molar-refractivity contribution in [1.82, 2.24) is 10.3 Å². The predicted molar refractivity (Wildman–Crippen MR) is 79.2 cm³/mol. The van der Waals surface area contributed by atoms with Gasteiger partial charge in [-0.15, -0.1) is 11.8 Å². The summed E-state index contributed by atoms with van der Waals surface area (Å²) in [6.45, 7) is 2.04. The van der Waals surface area contributed by atoms with Gasteiger partial charge in [-0.05, 0) is 28.9 Å². The zero-order valence-electron chi connectivity index (χ0n) is 11.1. The highest BCUT2D eigenvalue weighted by molar-refractivity contribution is 7.98. The van der Waals surface area contributed by atoms with Gasteiger partial charge in [0.1, 0.15) is 0 Å². The maximum atomic E-state index is 10.9. The van der Waals surface area contributed by atoms with Gasteiger partial charge in [-0.1, -0.05) is 29.8 Å². The van der Waals surface area contributed by atoms with E-state index in [0.29, 0.717) is 5.52 Å². The molecule has 0 aliphatic rings. The van der Waals surface area contributed by atoms with E-state index in [4.69, 9.17) is 0 Å². The van der Waals surface area contributed by atoms with Gasteiger partial charge in [0.15, 0.2) is 5.52 Å². The van der Waals surface area contributed by atoms with Gasteiger partial charge in [-0.2, -0.15) is 0 Å². The highest BCUT2D eigenvalue weighted by Gasteiger charge is 2.19. The first-order valence-electron chi connectivity index (χ1n) is 6.23. The summed E-state index contributed by atoms with van der Waals surface area (Å²) in [6, 6.07) is 11.4. The van der Waals surface area contributed by atoms with Gasteiger partial charge in [0.2, 0.25) is 5.52 Å². The number of hydrogen-bond donors (Lipinski definition) is 0. The monoisotopic (exact) mass is 301 g/mol. The minimum atomic E-state index is -0.485. The van der Waals surface area contributed by atoms with E-state index in [2.05, 4.69) is 39.2 Å². The van der Waals surface area contributed by atoms with E-state index < -0.39 is 4.92 Å². The van der Waals surface area contributed by atoms with Crippen LogP contribution >= 0.6 is 11.8 Å². The highest BCUT2D eigenvalue weighted by Crippen LogP contribution is 2.33. The van der Waals surface area contributed by atoms with Crippen molar-refractivity contribution in [1.29, 1.82) is 0 Å². The Balaban J connectivity index is 1.88. The van der Waals surface area contributed by atoms with Gasteiger partial charge in [0, 0.05) is 16.7 Å². The van der Waals surface area contributed by atoms with Crippen molar-refractivity contribution in [3.05, 3.63) is 57.6 Å². The molecule has 0 bridgehead atoms. The third kappa shape index (κ3) is 2.73. The van der Waals surface area contributed by atoms with Crippen molar-refractivity contribution in [2.45, 2.75) is 17.6 Å². The zero-order chi connectivity index (χ0) is 14.8. The Labute approximate surface area is 124 Å². The summed E-state index contributed by atoms with van der Waals surface area (Å²) >= 11 is 1.55. The quantitative estimate of drug-likeness (QED) is 0.415. The summed E-state index contributed by atoms with van der Waals surface area (Å²) < 4.78 is 4.65. The molecule has 0 atom stereocenters. The fraction of sp³-hybridized carbons (Fsp3) is 0.143. The number of rotatable bonds is 4. The Kier molecular flexibility index (Phi) is 3.57. The zero-order valence-corrected chi connectivity index (χ0v) is 12.0. The SMILES string of the molecule is Cc1ccc(CSc2ccc([N+](=O)[O-])c3nonc23)cc1. The third-order valence-corrected chi connectivity index (χ3v) is 4.19. The van der Waals surface area contributed by atoms with Crippen molar-refractivity contribution in [3.8, 4) is 0 Å². The molecule has 3 rings (SSSR count). The molecule has 106 valence electrons. The van der Waals surface area contributed by atoms with Gasteiger partial charge in [0.25, 0.3) is 0 Å². The van der Waals surface area contributed by atoms with Crippen LogP contribution in [-0.2, 0) is 5.75 Å². The van der Waals surface area contributed by atoms with E-state index in [0.717, 1.165) is 10.6 Å². The lowest BCUT2D eigenvalue weighted by Crippen LogP contribution is -1.90. The Morgan fingerprint density at radius 1 is 1.14 bits per heavy atom. The first-order chi connectivity index (χ1) is 10.1. The molecule has 2 aromatic carbocycles. The second-order valence-corrected chi connectivity index (χ2v) is 5.59. The lowest BCUT2D eigenvalue weighted by atomic mass is 10.2. The summed E-state index contributed by atoms with van der Waals surface area (Å²) in [5, 5.41) is 18.3. The van der Waals surface area contributed by atoms with Gasteiger partial charge in [-0.25, -0.2) is 4.63 Å². The van der Waals surface area contributed by atoms with Crippen molar-refractivity contribution < 1.29 is 9.55 Å². The Hall–Kier alpha value is -2.41. The molecule has 21 heavy (non-hydrogen) atoms. The number of hydrogen-bond acceptors (Lipinski definition) is 6. The maximum Gasteiger partial charge on any atom is 0.300 e. The number of aromatic nitrogens is 2. The molecule has 6 nitrogen and oxygen atoms in total. The number of fused-ring (bicyclic) bond motifs is 1. The molecule has 1 aromatic heterocycles. The van der Waals surface area contributed by atoms with Crippen LogP contribution in [0.3, 0.4) is 0 Å². The third-order valence-electron chi connectivity index (χ3n) is 3.07. The van der Waals surface area contributed by atoms with Crippen LogP contribution in [0.25, 0.3) is 11.0 Å². The van der Waals surface area contributed by atoms with Gasteiger partial charge in [0.05, 0.1) is 4.92 Å². The average Bonchev–Trinajstić information content (AvgIpc) is 2.95. The summed E-state index contributed by atoms with van der Waals surface area (Å²) in [5.41, 5.74) is 2.91. The minimum absolute atomic E-state index is 0.0917. The van der Waals surface area contributed by atoms with Crippen molar-refractivity contribution in [3.63, 3.8) is 0 Å². The lowest BCUT2D eigenvalue weighted by molar-refractivity contribution is -0.383. The molecule has 0 radical (unpaired) electrons. The van der Waals surface area contributed by atoms with Crippen molar-refractivity contribution in [2.75, 3.05) is 0 Å². The molecule has 0 spiro atoms. The summed E-state index contributed by atoms with van der Waals surface area (Å²) in [5.74, 6) is 0.750. The van der Waals surface area contributed by atoms with Gasteiger partial charge < -0.3 is 0 Å². The van der Waals surface area contributed by atoms with Crippen LogP contribution in [-0.4, -0.2) is 15.2 Å². The number of nitro benzene ring substituents is 1. The highest BCUT2D eigenvalue weighted by atomic mass is 32.2. The molecule has 0 fully saturated rings. The van der Waals surface area contributed by atoms with E-state index in [-0.39, 0.29) is 11.2 Å². The molecule has 0 amide bonds. The topological polar surface area (TPSA) is 82.1 Å². The van der Waals surface area contributed by atoms with Crippen LogP contribution in [0.5, 0.6) is 0 Å². The van der Waals surface area contributed by atoms with Crippen molar-refractivity contribution in [2.24, 2.45) is 0 Å². The minimum Gasteiger partial charge on any atom is -0.258 e. The second kappa shape index (κ2) is 5.53. The molecule has 7 heteroatoms. The largest absolute Gasteiger partial charge is 0.300 e. The van der Waals surface area contributed by atoms with Crippen molar-refractivity contribution >= 4 is 28.5 Å². The summed E-state index contributed by atoms with van der Waals surface area (Å²) in [6.07, 6.45) is 0. The van der Waals surface area contributed by atoms with Crippen LogP contribution in [0.2, 0.25) is 0 Å². The van der Waals surface area contributed by atoms with E-state index in [1.54, 1.807) is 17.8 Å². The lowest BCUT2D eigenvalue weighted by Gasteiger charge is -2.03. The fourth-order valence-electron chi connectivity index (χ4n) is 1.94. The molecule has 1 heterocycles. The molecule has 0 saturated heterocycles. The van der Waals surface area contributed by atoms with E-state index in [1.807, 2.05) is 6.92 Å². The first kappa shape index (κ1) is 13.6. The summed E-state index contributed by atoms with van der Waals surface area (Å²) in [7, 11) is 0. The Bertz CT molecular complexity index is 799. The molecule has 0 N–H and O–H groups in total. The maximum absolute atomic E-state index is 10.9. The second-order valence-electron chi connectivity index (χ2n) is 4.58. The smallest absolute Gasteiger partial charge is 0.258 e. The first-order valence-corrected chi connectivity index (χ1v) is 7.22. The number of nitro groups is 1. The number of non-ortho nitro benzene ring substituents is 1. The van der Waals surface area contributed by atoms with E-state index >= 15 is 0 Å². The van der Waals surface area contributed by atoms with E-state index in [9.17, 15) is 10.1 Å². The van der Waals surface area contributed by atoms with Crippen LogP contribution in [0.15, 0.2) is 45.9 Å². The molecular weight excluding hydrogens is 290 g/mol. The molecule has 0 aliphatic heterocycles. The molecular formula is C14H11N3O3S. The van der Waals surface area contributed by atoms with Crippen LogP contribution in [0.4, 0.5) is 5.69 Å². The Morgan fingerprint density at radius 3 is 2.57 bits per heavy atom. The number of nitrogens with zero attached hydrogens (tertiary/aromatic N) is 3. The predicted octanol–water partition coefficient (Wildman–Crippen LogP) is 3.73. The van der Waals surface area contributed by atoms with Crippen LogP contribution in [0.1, 0.15) is 11.1 Å². The van der Waals surface area contributed by atoms with Gasteiger partial charge in [-0.3, -0.25) is 10.1 Å². The number of aryl methyl sites for hydroxylation is 1. The number of thioether (sulfide) groups is 1. The molecule has 0 saturated carbocycles. The number of benzene rings is 2. The average molecular weight is 301 g/mol. The fourth-order valence-corrected chi connectivity index (χ4v) is 2.89. The van der Waals surface area contributed by atoms with E-state index in [1.165, 1.54) is 17.2 Å². The summed E-state index contributed by atoms with van der Waals surface area (Å²) in [4.78, 5) is 11.3. The van der Waals surface area contributed by atoms with Crippen LogP contribution in [0, 0.1) is 17.0 Å². The molecule has 0 aliphatic carbocycles. The standard InChI is InChI=1S/C14H11N3O3S/c1-9-2-4-10(5-3-9)8-21-12-7-6-11(17(18)19)13-14(12)16-20-15-13/h2-7H,8H2,1H3. The van der Waals surface area contributed by atoms with Crippen LogP contribution < -0.4 is 0 Å². The normalized spacial score (nSPS) is 10.9. The molecule has 0 unspecified atom stereocenters. The Morgan fingerprint density at radius 2 is 1.86 bits per heavy atom. The molecule has 3 aromatic rings. The van der Waals surface area contributed by atoms with Gasteiger partial charge >= 0.3 is 5.69 Å².